The zero-order valence-corrected chi connectivity index (χ0v) is 61.5. The largest absolute Gasteiger partial charge is 0.208 e. The van der Waals surface area contributed by atoms with Crippen molar-refractivity contribution >= 4 is 21.5 Å². The summed E-state index contributed by atoms with van der Waals surface area (Å²) in [4.78, 5) is 30.9. The molecule has 0 amide bonds. The molecule has 0 saturated heterocycles. The van der Waals surface area contributed by atoms with Gasteiger partial charge in [-0.3, -0.25) is 0 Å². The number of hydrogen-bond donors (Lipinski definition) is 0. The van der Waals surface area contributed by atoms with Gasteiger partial charge in [0.2, 0.25) is 0 Å². The summed E-state index contributed by atoms with van der Waals surface area (Å²) < 4.78 is 0. The van der Waals surface area contributed by atoms with Crippen LogP contribution in [-0.4, -0.2) is 29.9 Å². The molecule has 0 spiro atoms. The van der Waals surface area contributed by atoms with Gasteiger partial charge < -0.3 is 0 Å². The maximum Gasteiger partial charge on any atom is 0.164 e. The van der Waals surface area contributed by atoms with Gasteiger partial charge in [-0.15, -0.1) is 0 Å². The lowest BCUT2D eigenvalue weighted by Gasteiger charge is -2.22. The summed E-state index contributed by atoms with van der Waals surface area (Å²) in [7, 11) is 0. The molecule has 16 aromatic carbocycles. The molecule has 0 bridgehead atoms. The molecule has 0 N–H and O–H groups in total. The molecule has 0 fully saturated rings. The van der Waals surface area contributed by atoms with Crippen LogP contribution in [-0.2, 0) is 10.8 Å². The van der Waals surface area contributed by atoms with E-state index in [2.05, 4.69) is 380 Å². The smallest absolute Gasteiger partial charge is 0.164 e. The van der Waals surface area contributed by atoms with Crippen molar-refractivity contribution in [2.45, 2.75) is 38.5 Å². The minimum atomic E-state index is -0.0543. The van der Waals surface area contributed by atoms with Crippen LogP contribution in [0.3, 0.4) is 0 Å². The number of benzene rings is 16. The molecule has 2 aromatic heterocycles. The average Bonchev–Trinajstić information content (AvgIpc) is 1.58. The molecule has 520 valence electrons. The molecular formula is C104H74N6. The number of hydrogen-bond acceptors (Lipinski definition) is 6. The standard InChI is InChI=1S/2C52H37N3/c1-52(2)46-24-10-9-22-45(46)48-44(23-13-25-47(48)52)39-28-26-36-27-29-42(33-43(36)32-39)51-54-49(40-20-11-18-37(30-40)34-14-5-3-6-15-34)53-50(55-51)41-21-12-19-38(31-41)35-16-7-4-8-17-35;1-52(2)47-22-10-9-21-45(47)46-28-27-40(33-48(46)52)39-25-23-36-24-26-43(32-44(36)31-39)51-54-49(41-19-11-17-37(29-41)34-13-5-3-6-14-34)53-50(55-51)42-20-12-18-38(30-42)35-15-7-4-8-16-35/h2*3-33H,1-2H3. The second kappa shape index (κ2) is 27.8. The van der Waals surface area contributed by atoms with E-state index in [-0.39, 0.29) is 10.8 Å². The van der Waals surface area contributed by atoms with Crippen molar-refractivity contribution in [3.63, 3.8) is 0 Å². The molecule has 20 rings (SSSR count). The van der Waals surface area contributed by atoms with E-state index in [0.29, 0.717) is 34.9 Å². The summed E-state index contributed by atoms with van der Waals surface area (Å²) in [5.41, 5.74) is 30.3. The topological polar surface area (TPSA) is 77.3 Å². The van der Waals surface area contributed by atoms with Crippen molar-refractivity contribution in [2.75, 3.05) is 0 Å². The third kappa shape index (κ3) is 12.5. The van der Waals surface area contributed by atoms with Gasteiger partial charge in [0.15, 0.2) is 34.9 Å². The van der Waals surface area contributed by atoms with Gasteiger partial charge in [-0.05, 0) is 187 Å². The summed E-state index contributed by atoms with van der Waals surface area (Å²) in [6, 6.07) is 134. The van der Waals surface area contributed by atoms with Crippen molar-refractivity contribution in [1.82, 2.24) is 29.9 Å². The second-order valence-corrected chi connectivity index (χ2v) is 29.8. The van der Waals surface area contributed by atoms with Gasteiger partial charge >= 0.3 is 0 Å². The summed E-state index contributed by atoms with van der Waals surface area (Å²) in [6.45, 7) is 9.34. The first-order chi connectivity index (χ1) is 54.0. The van der Waals surface area contributed by atoms with Crippen LogP contribution in [0.1, 0.15) is 49.9 Å². The molecule has 2 aliphatic rings. The third-order valence-corrected chi connectivity index (χ3v) is 22.2. The minimum Gasteiger partial charge on any atom is -0.208 e. The highest BCUT2D eigenvalue weighted by Gasteiger charge is 2.37. The summed E-state index contributed by atoms with van der Waals surface area (Å²) >= 11 is 0. The lowest BCUT2D eigenvalue weighted by atomic mass is 9.81. The molecule has 0 saturated carbocycles. The van der Waals surface area contributed by atoms with Gasteiger partial charge in [-0.2, -0.15) is 0 Å². The number of aromatic nitrogens is 6. The van der Waals surface area contributed by atoms with Gasteiger partial charge in [0, 0.05) is 44.2 Å². The second-order valence-electron chi connectivity index (χ2n) is 29.8. The Kier molecular flexibility index (Phi) is 16.8. The molecule has 110 heavy (non-hydrogen) atoms. The van der Waals surface area contributed by atoms with Gasteiger partial charge in [0.05, 0.1) is 0 Å². The quantitative estimate of drug-likeness (QED) is 0.121. The van der Waals surface area contributed by atoms with E-state index >= 15 is 0 Å². The summed E-state index contributed by atoms with van der Waals surface area (Å²) in [5.74, 6) is 3.83. The zero-order valence-electron chi connectivity index (χ0n) is 61.5. The Labute approximate surface area is 641 Å². The first-order valence-electron chi connectivity index (χ1n) is 37.7. The Morgan fingerprint density at radius 2 is 0.409 bits per heavy atom. The molecule has 2 aliphatic carbocycles. The Balaban J connectivity index is 0.000000149. The van der Waals surface area contributed by atoms with Gasteiger partial charge in [-0.1, -0.05) is 349 Å². The maximum absolute atomic E-state index is 5.17. The fourth-order valence-corrected chi connectivity index (χ4v) is 16.4. The first-order valence-corrected chi connectivity index (χ1v) is 37.7. The van der Waals surface area contributed by atoms with Crippen molar-refractivity contribution in [3.05, 3.63) is 398 Å². The van der Waals surface area contributed by atoms with Crippen LogP contribution in [0.5, 0.6) is 0 Å². The van der Waals surface area contributed by atoms with Crippen molar-refractivity contribution in [1.29, 1.82) is 0 Å². The van der Waals surface area contributed by atoms with E-state index in [1.54, 1.807) is 0 Å². The molecule has 0 aliphatic heterocycles. The average molecular weight is 1410 g/mol. The fraction of sp³-hybridized carbons (Fsp3) is 0.0577. The predicted molar refractivity (Wildman–Crippen MR) is 455 cm³/mol. The molecule has 6 nitrogen and oxygen atoms in total. The Morgan fingerprint density at radius 3 is 0.836 bits per heavy atom. The molecule has 18 aromatic rings. The van der Waals surface area contributed by atoms with Crippen LogP contribution in [0.2, 0.25) is 0 Å². The van der Waals surface area contributed by atoms with Crippen molar-refractivity contribution < 1.29 is 0 Å². The Hall–Kier alpha value is -13.9. The molecule has 2 heterocycles. The van der Waals surface area contributed by atoms with E-state index < -0.39 is 0 Å². The molecule has 0 radical (unpaired) electrons. The van der Waals surface area contributed by atoms with Crippen LogP contribution in [0.25, 0.3) is 179 Å². The maximum atomic E-state index is 5.17. The molecular weight excluding hydrogens is 1330 g/mol. The normalized spacial score (nSPS) is 12.7. The van der Waals surface area contributed by atoms with E-state index in [1.165, 1.54) is 77.5 Å². The SMILES string of the molecule is CC1(C)c2ccccc2-c2c(-c3ccc4ccc(-c5nc(-c6cccc(-c7ccccc7)c6)nc(-c6cccc(-c7ccccc7)c6)n5)cc4c3)cccc21.CC1(C)c2ccccc2-c2ccc(-c3ccc4ccc(-c5nc(-c6cccc(-c7ccccc7)c6)nc(-c6cccc(-c7ccccc7)c6)n5)cc4c3)cc21. The monoisotopic (exact) mass is 1410 g/mol. The highest BCUT2D eigenvalue weighted by Crippen LogP contribution is 2.53. The highest BCUT2D eigenvalue weighted by atomic mass is 15.0. The molecule has 0 atom stereocenters. The van der Waals surface area contributed by atoms with Gasteiger partial charge in [0.25, 0.3) is 0 Å². The number of rotatable bonds is 12. The molecule has 0 unspecified atom stereocenters. The van der Waals surface area contributed by atoms with E-state index in [0.717, 1.165) is 88.7 Å². The van der Waals surface area contributed by atoms with Crippen LogP contribution < -0.4 is 0 Å². The highest BCUT2D eigenvalue weighted by molar-refractivity contribution is 5.98. The van der Waals surface area contributed by atoms with Gasteiger partial charge in [0.1, 0.15) is 0 Å². The van der Waals surface area contributed by atoms with Crippen molar-refractivity contribution in [3.8, 4) is 157 Å². The minimum absolute atomic E-state index is 0.0543. The first kappa shape index (κ1) is 66.7. The summed E-state index contributed by atoms with van der Waals surface area (Å²) in [5, 5.41) is 4.61. The van der Waals surface area contributed by atoms with Crippen molar-refractivity contribution in [2.24, 2.45) is 0 Å². The predicted octanol–water partition coefficient (Wildman–Crippen LogP) is 26.7. The number of fused-ring (bicyclic) bond motifs is 8. The summed E-state index contributed by atoms with van der Waals surface area (Å²) in [6.07, 6.45) is 0. The van der Waals surface area contributed by atoms with E-state index in [9.17, 15) is 0 Å². The fourth-order valence-electron chi connectivity index (χ4n) is 16.4. The molecule has 6 heteroatoms. The Bertz CT molecular complexity index is 6380. The van der Waals surface area contributed by atoms with Gasteiger partial charge in [-0.25, -0.2) is 29.9 Å². The lowest BCUT2D eigenvalue weighted by Crippen LogP contribution is -2.14. The van der Waals surface area contributed by atoms with Crippen LogP contribution >= 0.6 is 0 Å². The zero-order chi connectivity index (χ0) is 73.9. The van der Waals surface area contributed by atoms with Crippen LogP contribution in [0, 0.1) is 0 Å². The van der Waals surface area contributed by atoms with E-state index in [1.807, 2.05) is 24.3 Å². The third-order valence-electron chi connectivity index (χ3n) is 22.2. The van der Waals surface area contributed by atoms with Crippen LogP contribution in [0.15, 0.2) is 376 Å². The number of nitrogens with zero attached hydrogens (tertiary/aromatic N) is 6. The lowest BCUT2D eigenvalue weighted by molar-refractivity contribution is 0.660. The Morgan fingerprint density at radius 1 is 0.155 bits per heavy atom. The van der Waals surface area contributed by atoms with Crippen LogP contribution in [0.4, 0.5) is 0 Å². The van der Waals surface area contributed by atoms with E-state index in [4.69, 9.17) is 29.9 Å².